The number of hydrogen-bond acceptors (Lipinski definition) is 2. The summed E-state index contributed by atoms with van der Waals surface area (Å²) >= 11 is 11.5. The largest absolute Gasteiger partial charge is 0.395 e. The standard InChI is InChI=1S/C10H14Cl2N2O2/c1-6(2)14(3-4-15)10(16)8-5-7(11)9(12)13-8/h5-6,13,15H,3-4H2,1-2H3. The van der Waals surface area contributed by atoms with Crippen LogP contribution in [0.15, 0.2) is 6.07 Å². The maximum atomic E-state index is 12.0. The van der Waals surface area contributed by atoms with E-state index in [2.05, 4.69) is 4.98 Å². The van der Waals surface area contributed by atoms with Gasteiger partial charge in [-0.2, -0.15) is 0 Å². The van der Waals surface area contributed by atoms with Gasteiger partial charge in [0.1, 0.15) is 10.8 Å². The van der Waals surface area contributed by atoms with E-state index in [0.29, 0.717) is 10.7 Å². The van der Waals surface area contributed by atoms with Crippen molar-refractivity contribution in [2.45, 2.75) is 19.9 Å². The lowest BCUT2D eigenvalue weighted by Crippen LogP contribution is -2.39. The fourth-order valence-corrected chi connectivity index (χ4v) is 1.69. The summed E-state index contributed by atoms with van der Waals surface area (Å²) in [5.74, 6) is -0.224. The van der Waals surface area contributed by atoms with Crippen LogP contribution in [-0.2, 0) is 0 Å². The minimum atomic E-state index is -0.224. The van der Waals surface area contributed by atoms with Gasteiger partial charge in [-0.1, -0.05) is 23.2 Å². The van der Waals surface area contributed by atoms with E-state index in [4.69, 9.17) is 28.3 Å². The Morgan fingerprint density at radius 3 is 2.56 bits per heavy atom. The number of aromatic nitrogens is 1. The zero-order valence-corrected chi connectivity index (χ0v) is 10.6. The maximum Gasteiger partial charge on any atom is 0.270 e. The van der Waals surface area contributed by atoms with Gasteiger partial charge in [-0.05, 0) is 19.9 Å². The minimum absolute atomic E-state index is 0.000464. The number of aliphatic hydroxyl groups is 1. The van der Waals surface area contributed by atoms with E-state index in [1.165, 1.54) is 6.07 Å². The van der Waals surface area contributed by atoms with Crippen LogP contribution in [0.2, 0.25) is 10.2 Å². The molecule has 0 aliphatic carbocycles. The second-order valence-electron chi connectivity index (χ2n) is 3.66. The van der Waals surface area contributed by atoms with Crippen LogP contribution < -0.4 is 0 Å². The highest BCUT2D eigenvalue weighted by molar-refractivity contribution is 6.41. The molecule has 4 nitrogen and oxygen atoms in total. The molecule has 0 aliphatic heterocycles. The van der Waals surface area contributed by atoms with Crippen molar-refractivity contribution in [3.63, 3.8) is 0 Å². The first-order chi connectivity index (χ1) is 7.47. The van der Waals surface area contributed by atoms with Gasteiger partial charge in [0, 0.05) is 12.6 Å². The Morgan fingerprint density at radius 1 is 1.56 bits per heavy atom. The third-order valence-electron chi connectivity index (χ3n) is 2.18. The minimum Gasteiger partial charge on any atom is -0.395 e. The molecule has 0 aromatic carbocycles. The first-order valence-electron chi connectivity index (χ1n) is 4.93. The van der Waals surface area contributed by atoms with Gasteiger partial charge in [0.15, 0.2) is 0 Å². The monoisotopic (exact) mass is 264 g/mol. The lowest BCUT2D eigenvalue weighted by molar-refractivity contribution is 0.0660. The Kier molecular flexibility index (Phi) is 4.65. The fourth-order valence-electron chi connectivity index (χ4n) is 1.38. The molecule has 1 amide bonds. The van der Waals surface area contributed by atoms with Crippen molar-refractivity contribution in [2.24, 2.45) is 0 Å². The van der Waals surface area contributed by atoms with Crippen molar-refractivity contribution in [3.05, 3.63) is 21.9 Å². The first-order valence-corrected chi connectivity index (χ1v) is 5.68. The first kappa shape index (κ1) is 13.4. The Hall–Kier alpha value is -0.710. The molecule has 1 heterocycles. The van der Waals surface area contributed by atoms with Crippen molar-refractivity contribution in [2.75, 3.05) is 13.2 Å². The highest BCUT2D eigenvalue weighted by Crippen LogP contribution is 2.22. The molecule has 90 valence electrons. The molecule has 0 bridgehead atoms. The Morgan fingerprint density at radius 2 is 2.19 bits per heavy atom. The molecule has 1 aromatic rings. The third-order valence-corrected chi connectivity index (χ3v) is 2.87. The van der Waals surface area contributed by atoms with Gasteiger partial charge in [0.25, 0.3) is 5.91 Å². The van der Waals surface area contributed by atoms with Crippen LogP contribution in [-0.4, -0.2) is 40.1 Å². The number of carbonyl (C=O) groups excluding carboxylic acids is 1. The average molecular weight is 265 g/mol. The van der Waals surface area contributed by atoms with Crippen LogP contribution in [0.1, 0.15) is 24.3 Å². The van der Waals surface area contributed by atoms with Crippen molar-refractivity contribution >= 4 is 29.1 Å². The van der Waals surface area contributed by atoms with E-state index < -0.39 is 0 Å². The van der Waals surface area contributed by atoms with Gasteiger partial charge in [0.05, 0.1) is 11.6 Å². The SMILES string of the molecule is CC(C)N(CCO)C(=O)c1cc(Cl)c(Cl)[nH]1. The van der Waals surface area contributed by atoms with Crippen molar-refractivity contribution < 1.29 is 9.90 Å². The molecule has 1 rings (SSSR count). The number of carbonyl (C=O) groups is 1. The van der Waals surface area contributed by atoms with Gasteiger partial charge in [0.2, 0.25) is 0 Å². The van der Waals surface area contributed by atoms with E-state index in [1.54, 1.807) is 4.90 Å². The smallest absolute Gasteiger partial charge is 0.270 e. The summed E-state index contributed by atoms with van der Waals surface area (Å²) in [7, 11) is 0. The normalized spacial score (nSPS) is 10.9. The molecular weight excluding hydrogens is 251 g/mol. The van der Waals surface area contributed by atoms with Crippen LogP contribution in [0.25, 0.3) is 0 Å². The lowest BCUT2D eigenvalue weighted by atomic mass is 10.2. The van der Waals surface area contributed by atoms with Crippen LogP contribution in [0.5, 0.6) is 0 Å². The topological polar surface area (TPSA) is 56.3 Å². The quantitative estimate of drug-likeness (QED) is 0.876. The zero-order chi connectivity index (χ0) is 12.3. The maximum absolute atomic E-state index is 12.0. The predicted molar refractivity (Wildman–Crippen MR) is 64.1 cm³/mol. The van der Waals surface area contributed by atoms with E-state index in [-0.39, 0.29) is 30.3 Å². The predicted octanol–water partition coefficient (Wildman–Crippen LogP) is 2.16. The van der Waals surface area contributed by atoms with Gasteiger partial charge in [-0.25, -0.2) is 0 Å². The van der Waals surface area contributed by atoms with E-state index in [0.717, 1.165) is 0 Å². The molecule has 2 N–H and O–H groups in total. The second-order valence-corrected chi connectivity index (χ2v) is 4.45. The zero-order valence-electron chi connectivity index (χ0n) is 9.13. The molecule has 16 heavy (non-hydrogen) atoms. The molecule has 0 saturated carbocycles. The van der Waals surface area contributed by atoms with Crippen LogP contribution in [0, 0.1) is 0 Å². The number of halogens is 2. The highest BCUT2D eigenvalue weighted by Gasteiger charge is 2.20. The van der Waals surface area contributed by atoms with Crippen LogP contribution in [0.4, 0.5) is 0 Å². The van der Waals surface area contributed by atoms with E-state index in [1.807, 2.05) is 13.8 Å². The van der Waals surface area contributed by atoms with Crippen LogP contribution >= 0.6 is 23.2 Å². The summed E-state index contributed by atoms with van der Waals surface area (Å²) in [6.07, 6.45) is 0. The average Bonchev–Trinajstić information content (AvgIpc) is 2.54. The number of aromatic amines is 1. The van der Waals surface area contributed by atoms with Gasteiger partial charge in [-0.15, -0.1) is 0 Å². The summed E-state index contributed by atoms with van der Waals surface area (Å²) in [5, 5.41) is 9.45. The summed E-state index contributed by atoms with van der Waals surface area (Å²) < 4.78 is 0. The van der Waals surface area contributed by atoms with E-state index >= 15 is 0 Å². The molecular formula is C10H14Cl2N2O2. The highest BCUT2D eigenvalue weighted by atomic mass is 35.5. The number of hydrogen-bond donors (Lipinski definition) is 2. The van der Waals surface area contributed by atoms with Gasteiger partial charge < -0.3 is 15.0 Å². The molecule has 0 atom stereocenters. The Labute approximate surface area is 104 Å². The number of amides is 1. The number of aliphatic hydroxyl groups excluding tert-OH is 1. The molecule has 1 aromatic heterocycles. The van der Waals surface area contributed by atoms with Crippen molar-refractivity contribution in [1.82, 2.24) is 9.88 Å². The summed E-state index contributed by atoms with van der Waals surface area (Å²) in [6.45, 7) is 3.95. The van der Waals surface area contributed by atoms with Gasteiger partial charge >= 0.3 is 0 Å². The molecule has 0 unspecified atom stereocenters. The second kappa shape index (κ2) is 5.57. The van der Waals surface area contributed by atoms with E-state index in [9.17, 15) is 4.79 Å². The number of rotatable bonds is 4. The summed E-state index contributed by atoms with van der Waals surface area (Å²) in [4.78, 5) is 16.2. The molecule has 0 fully saturated rings. The number of nitrogens with one attached hydrogen (secondary N) is 1. The number of nitrogens with zero attached hydrogens (tertiary/aromatic N) is 1. The molecule has 6 heteroatoms. The summed E-state index contributed by atoms with van der Waals surface area (Å²) in [5.41, 5.74) is 0.331. The van der Waals surface area contributed by atoms with Gasteiger partial charge in [-0.3, -0.25) is 4.79 Å². The van der Waals surface area contributed by atoms with Crippen molar-refractivity contribution in [3.8, 4) is 0 Å². The number of H-pyrrole nitrogens is 1. The van der Waals surface area contributed by atoms with Crippen molar-refractivity contribution in [1.29, 1.82) is 0 Å². The fraction of sp³-hybridized carbons (Fsp3) is 0.500. The van der Waals surface area contributed by atoms with Crippen LogP contribution in [0.3, 0.4) is 0 Å². The summed E-state index contributed by atoms with van der Waals surface area (Å²) in [6, 6.07) is 1.49. The Bertz CT molecular complexity index is 357. The third kappa shape index (κ3) is 2.90. The molecule has 0 spiro atoms. The molecule has 0 radical (unpaired) electrons. The lowest BCUT2D eigenvalue weighted by Gasteiger charge is -2.25. The molecule has 0 aliphatic rings. The Balaban J connectivity index is 2.90. The molecule has 0 saturated heterocycles.